The molecule has 1 aliphatic rings. The van der Waals surface area contributed by atoms with Crippen molar-refractivity contribution in [1.29, 1.82) is 0 Å². The van der Waals surface area contributed by atoms with Gasteiger partial charge in [-0.1, -0.05) is 18.2 Å². The molecule has 6 heteroatoms. The van der Waals surface area contributed by atoms with Crippen molar-refractivity contribution in [3.05, 3.63) is 53.9 Å². The average molecular weight is 324 g/mol. The lowest BCUT2D eigenvalue weighted by atomic mass is 10.1. The second kappa shape index (κ2) is 5.88. The molecule has 1 aromatic heterocycles. The molecule has 2 heterocycles. The van der Waals surface area contributed by atoms with Crippen molar-refractivity contribution in [3.63, 3.8) is 0 Å². The fraction of sp³-hybridized carbons (Fsp3) is 0.222. The van der Waals surface area contributed by atoms with E-state index in [1.54, 1.807) is 25.1 Å². The minimum absolute atomic E-state index is 0.357. The van der Waals surface area contributed by atoms with Crippen LogP contribution in [0.15, 0.2) is 42.5 Å². The average Bonchev–Trinajstić information content (AvgIpc) is 3.05. The number of aromatic amines is 1. The van der Waals surface area contributed by atoms with Gasteiger partial charge in [-0.15, -0.1) is 0 Å². The van der Waals surface area contributed by atoms with E-state index in [1.807, 2.05) is 24.3 Å². The molecule has 4 rings (SSSR count). The monoisotopic (exact) mass is 324 g/mol. The van der Waals surface area contributed by atoms with Crippen molar-refractivity contribution in [2.45, 2.75) is 13.0 Å². The van der Waals surface area contributed by atoms with Crippen LogP contribution in [0.4, 0.5) is 0 Å². The third-order valence-corrected chi connectivity index (χ3v) is 3.86. The number of imidazole rings is 1. The maximum absolute atomic E-state index is 12.5. The van der Waals surface area contributed by atoms with Gasteiger partial charge in [-0.3, -0.25) is 0 Å². The lowest BCUT2D eigenvalue weighted by molar-refractivity contribution is 0.0313. The molecule has 0 aliphatic carbocycles. The summed E-state index contributed by atoms with van der Waals surface area (Å²) in [7, 11) is 0. The molecule has 0 radical (unpaired) electrons. The first kappa shape index (κ1) is 14.6. The summed E-state index contributed by atoms with van der Waals surface area (Å²) in [4.78, 5) is 20.1. The molecule has 0 saturated carbocycles. The van der Waals surface area contributed by atoms with E-state index in [4.69, 9.17) is 14.2 Å². The number of fused-ring (bicyclic) bond motifs is 2. The zero-order valence-corrected chi connectivity index (χ0v) is 13.1. The number of para-hydroxylation sites is 3. The van der Waals surface area contributed by atoms with Crippen LogP contribution in [0, 0.1) is 0 Å². The van der Waals surface area contributed by atoms with E-state index in [1.165, 1.54) is 0 Å². The van der Waals surface area contributed by atoms with Crippen molar-refractivity contribution in [1.82, 2.24) is 9.97 Å². The van der Waals surface area contributed by atoms with Crippen LogP contribution >= 0.6 is 0 Å². The molecule has 0 spiro atoms. The number of carbonyl (C=O) groups excluding carboxylic acids is 1. The number of hydrogen-bond donors (Lipinski definition) is 1. The van der Waals surface area contributed by atoms with Gasteiger partial charge < -0.3 is 19.2 Å². The maximum atomic E-state index is 12.5. The molecular weight excluding hydrogens is 308 g/mol. The van der Waals surface area contributed by atoms with Gasteiger partial charge in [0.1, 0.15) is 24.6 Å². The molecule has 0 saturated heterocycles. The van der Waals surface area contributed by atoms with E-state index < -0.39 is 12.1 Å². The number of nitrogens with one attached hydrogen (secondary N) is 1. The van der Waals surface area contributed by atoms with Gasteiger partial charge in [-0.05, 0) is 31.2 Å². The van der Waals surface area contributed by atoms with E-state index >= 15 is 0 Å². The number of hydrogen-bond acceptors (Lipinski definition) is 5. The Morgan fingerprint density at radius 1 is 1.17 bits per heavy atom. The number of ether oxygens (including phenoxy) is 3. The predicted molar refractivity (Wildman–Crippen MR) is 87.4 cm³/mol. The summed E-state index contributed by atoms with van der Waals surface area (Å²) in [6.45, 7) is 2.67. The predicted octanol–water partition coefficient (Wildman–Crippen LogP) is 3.25. The van der Waals surface area contributed by atoms with E-state index in [0.29, 0.717) is 36.1 Å². The second-order valence-corrected chi connectivity index (χ2v) is 5.52. The molecule has 3 aromatic rings. The van der Waals surface area contributed by atoms with E-state index in [-0.39, 0.29) is 0 Å². The fourth-order valence-corrected chi connectivity index (χ4v) is 2.68. The maximum Gasteiger partial charge on any atom is 0.342 e. The fourth-order valence-electron chi connectivity index (χ4n) is 2.68. The molecular formula is C18H16N2O4. The molecule has 24 heavy (non-hydrogen) atoms. The molecule has 2 aromatic carbocycles. The molecule has 0 amide bonds. The molecule has 122 valence electrons. The van der Waals surface area contributed by atoms with Crippen LogP contribution in [0.3, 0.4) is 0 Å². The lowest BCUT2D eigenvalue weighted by Gasteiger charge is -2.20. The summed E-state index contributed by atoms with van der Waals surface area (Å²) in [5.41, 5.74) is 2.10. The smallest absolute Gasteiger partial charge is 0.342 e. The van der Waals surface area contributed by atoms with Gasteiger partial charge in [0, 0.05) is 0 Å². The van der Waals surface area contributed by atoms with Crippen LogP contribution in [0.5, 0.6) is 11.5 Å². The summed E-state index contributed by atoms with van der Waals surface area (Å²) >= 11 is 0. The minimum Gasteiger partial charge on any atom is -0.486 e. The standard InChI is InChI=1S/C18H16N2O4/c1-11(17-19-13-6-2-3-7-14(13)20-17)24-18(21)12-5-4-8-15-16(12)23-10-9-22-15/h2-8,11H,9-10H2,1H3,(H,19,20)/t11-/m0/s1. The summed E-state index contributed by atoms with van der Waals surface area (Å²) < 4.78 is 16.6. The topological polar surface area (TPSA) is 73.4 Å². The van der Waals surface area contributed by atoms with Gasteiger partial charge in [0.25, 0.3) is 0 Å². The van der Waals surface area contributed by atoms with Gasteiger partial charge in [0.2, 0.25) is 0 Å². The van der Waals surface area contributed by atoms with Gasteiger partial charge in [0.05, 0.1) is 11.0 Å². The largest absolute Gasteiger partial charge is 0.486 e. The SMILES string of the molecule is C[C@H](OC(=O)c1cccc2c1OCCO2)c1nc2ccccc2[nH]1. The first-order valence-corrected chi connectivity index (χ1v) is 7.76. The van der Waals surface area contributed by atoms with Crippen LogP contribution in [-0.2, 0) is 4.74 Å². The highest BCUT2D eigenvalue weighted by molar-refractivity contribution is 5.93. The van der Waals surface area contributed by atoms with Crippen LogP contribution in [-0.4, -0.2) is 29.2 Å². The normalized spacial score (nSPS) is 14.4. The van der Waals surface area contributed by atoms with Gasteiger partial charge in [0.15, 0.2) is 17.6 Å². The number of H-pyrrole nitrogens is 1. The number of nitrogens with zero attached hydrogens (tertiary/aromatic N) is 1. The number of esters is 1. The zero-order valence-electron chi connectivity index (χ0n) is 13.1. The summed E-state index contributed by atoms with van der Waals surface area (Å²) in [6.07, 6.45) is -0.509. The number of carbonyl (C=O) groups is 1. The van der Waals surface area contributed by atoms with Crippen molar-refractivity contribution < 1.29 is 19.0 Å². The Morgan fingerprint density at radius 2 is 2.00 bits per heavy atom. The van der Waals surface area contributed by atoms with Crippen molar-refractivity contribution >= 4 is 17.0 Å². The van der Waals surface area contributed by atoms with E-state index in [0.717, 1.165) is 11.0 Å². The highest BCUT2D eigenvalue weighted by Gasteiger charge is 2.24. The number of rotatable bonds is 3. The summed E-state index contributed by atoms with van der Waals surface area (Å²) in [5, 5.41) is 0. The Bertz CT molecular complexity index is 870. The third kappa shape index (κ3) is 2.56. The van der Waals surface area contributed by atoms with Crippen molar-refractivity contribution in [3.8, 4) is 11.5 Å². The van der Waals surface area contributed by atoms with E-state index in [2.05, 4.69) is 9.97 Å². The molecule has 1 N–H and O–H groups in total. The first-order chi connectivity index (χ1) is 11.7. The first-order valence-electron chi connectivity index (χ1n) is 7.76. The van der Waals surface area contributed by atoms with Gasteiger partial charge >= 0.3 is 5.97 Å². The van der Waals surface area contributed by atoms with Crippen LogP contribution in [0.25, 0.3) is 11.0 Å². The Hall–Kier alpha value is -3.02. The van der Waals surface area contributed by atoms with Crippen LogP contribution < -0.4 is 9.47 Å². The number of benzene rings is 2. The number of aromatic nitrogens is 2. The molecule has 0 fully saturated rings. The zero-order chi connectivity index (χ0) is 16.5. The highest BCUT2D eigenvalue weighted by Crippen LogP contribution is 2.34. The second-order valence-electron chi connectivity index (χ2n) is 5.52. The Kier molecular flexibility index (Phi) is 3.57. The minimum atomic E-state index is -0.509. The van der Waals surface area contributed by atoms with E-state index in [9.17, 15) is 4.79 Å². The summed E-state index contributed by atoms with van der Waals surface area (Å²) in [5.74, 6) is 1.13. The quantitative estimate of drug-likeness (QED) is 0.749. The third-order valence-electron chi connectivity index (χ3n) is 3.86. The molecule has 0 unspecified atom stereocenters. The Balaban J connectivity index is 1.57. The lowest BCUT2D eigenvalue weighted by Crippen LogP contribution is -2.19. The highest BCUT2D eigenvalue weighted by atomic mass is 16.6. The molecule has 6 nitrogen and oxygen atoms in total. The van der Waals surface area contributed by atoms with Crippen molar-refractivity contribution in [2.24, 2.45) is 0 Å². The summed E-state index contributed by atoms with van der Waals surface area (Å²) in [6, 6.07) is 12.9. The van der Waals surface area contributed by atoms with Crippen LogP contribution in [0.1, 0.15) is 29.2 Å². The Labute approximate surface area is 138 Å². The Morgan fingerprint density at radius 3 is 2.88 bits per heavy atom. The van der Waals surface area contributed by atoms with Crippen LogP contribution in [0.2, 0.25) is 0 Å². The molecule has 1 atom stereocenters. The van der Waals surface area contributed by atoms with Crippen molar-refractivity contribution in [2.75, 3.05) is 13.2 Å². The van der Waals surface area contributed by atoms with Gasteiger partial charge in [-0.25, -0.2) is 9.78 Å². The van der Waals surface area contributed by atoms with Gasteiger partial charge in [-0.2, -0.15) is 0 Å². The molecule has 1 aliphatic heterocycles. The molecule has 0 bridgehead atoms.